The van der Waals surface area contributed by atoms with Crippen molar-refractivity contribution in [2.24, 2.45) is 11.8 Å². The monoisotopic (exact) mass is 376 g/mol. The molecule has 1 aliphatic heterocycles. The van der Waals surface area contributed by atoms with Crippen LogP contribution in [-0.2, 0) is 14.8 Å². The molecule has 126 valence electrons. The number of carbonyl (C=O) groups excluding carboxylic acids is 1. The van der Waals surface area contributed by atoms with Crippen molar-refractivity contribution in [1.29, 1.82) is 0 Å². The van der Waals surface area contributed by atoms with Crippen LogP contribution in [0.25, 0.3) is 0 Å². The highest BCUT2D eigenvalue weighted by Crippen LogP contribution is 2.39. The molecule has 1 amide bonds. The number of amides is 1. The van der Waals surface area contributed by atoms with Crippen molar-refractivity contribution in [2.45, 2.75) is 18.2 Å². The van der Waals surface area contributed by atoms with Crippen LogP contribution in [0.2, 0.25) is 10.0 Å². The lowest BCUT2D eigenvalue weighted by molar-refractivity contribution is -0.134. The molecule has 3 rings (SSSR count). The van der Waals surface area contributed by atoms with E-state index in [0.717, 1.165) is 6.42 Å². The fourth-order valence-electron chi connectivity index (χ4n) is 2.87. The maximum absolute atomic E-state index is 12.7. The summed E-state index contributed by atoms with van der Waals surface area (Å²) in [5, 5.41) is 0.253. The first kappa shape index (κ1) is 17.0. The van der Waals surface area contributed by atoms with E-state index >= 15 is 0 Å². The standard InChI is InChI=1S/C15H18Cl2N2O3S/c1-10-9-11(10)15(20)18-5-7-19(8-6-18)23(21,22)13-4-2-3-12(16)14(13)17/h2-4,10-11H,5-9H2,1H3/t10-,11-/m1/s1. The van der Waals surface area contributed by atoms with Crippen molar-refractivity contribution in [1.82, 2.24) is 9.21 Å². The number of hydrogen-bond acceptors (Lipinski definition) is 3. The molecule has 2 atom stereocenters. The Hall–Kier alpha value is -0.820. The van der Waals surface area contributed by atoms with E-state index in [1.165, 1.54) is 10.4 Å². The molecule has 1 heterocycles. The van der Waals surface area contributed by atoms with Crippen molar-refractivity contribution >= 4 is 39.1 Å². The number of nitrogens with zero attached hydrogens (tertiary/aromatic N) is 2. The van der Waals surface area contributed by atoms with Crippen LogP contribution in [0.15, 0.2) is 23.1 Å². The lowest BCUT2D eigenvalue weighted by Gasteiger charge is -2.34. The van der Waals surface area contributed by atoms with Crippen LogP contribution in [0.1, 0.15) is 13.3 Å². The average Bonchev–Trinajstić information content (AvgIpc) is 3.26. The van der Waals surface area contributed by atoms with Gasteiger partial charge < -0.3 is 4.90 Å². The zero-order valence-electron chi connectivity index (χ0n) is 12.7. The molecule has 0 bridgehead atoms. The van der Waals surface area contributed by atoms with Crippen molar-refractivity contribution in [3.05, 3.63) is 28.2 Å². The molecule has 2 aliphatic rings. The number of sulfonamides is 1. The highest BCUT2D eigenvalue weighted by atomic mass is 35.5. The molecular weight excluding hydrogens is 359 g/mol. The molecule has 0 aromatic heterocycles. The van der Waals surface area contributed by atoms with Crippen molar-refractivity contribution in [3.63, 3.8) is 0 Å². The second-order valence-corrected chi connectivity index (χ2v) is 8.79. The van der Waals surface area contributed by atoms with Crippen molar-refractivity contribution < 1.29 is 13.2 Å². The molecular formula is C15H18Cl2N2O3S. The van der Waals surface area contributed by atoms with Crippen LogP contribution < -0.4 is 0 Å². The van der Waals surface area contributed by atoms with E-state index in [1.54, 1.807) is 17.0 Å². The molecule has 0 N–H and O–H groups in total. The first-order valence-corrected chi connectivity index (χ1v) is 9.75. The minimum Gasteiger partial charge on any atom is -0.340 e. The minimum absolute atomic E-state index is 0.0160. The van der Waals surface area contributed by atoms with Crippen LogP contribution in [0.5, 0.6) is 0 Å². The van der Waals surface area contributed by atoms with Crippen LogP contribution in [0, 0.1) is 11.8 Å². The normalized spacial score (nSPS) is 25.4. The Labute approximate surface area is 146 Å². The third-order valence-corrected chi connectivity index (χ3v) is 7.38. The largest absolute Gasteiger partial charge is 0.340 e. The summed E-state index contributed by atoms with van der Waals surface area (Å²) >= 11 is 12.0. The molecule has 2 fully saturated rings. The maximum atomic E-state index is 12.7. The smallest absolute Gasteiger partial charge is 0.244 e. The van der Waals surface area contributed by atoms with Crippen molar-refractivity contribution in [3.8, 4) is 0 Å². The number of benzene rings is 1. The SMILES string of the molecule is C[C@@H]1C[C@H]1C(=O)N1CCN(S(=O)(=O)c2cccc(Cl)c2Cl)CC1. The fraction of sp³-hybridized carbons (Fsp3) is 0.533. The zero-order valence-corrected chi connectivity index (χ0v) is 15.0. The van der Waals surface area contributed by atoms with Gasteiger partial charge in [0.05, 0.1) is 10.0 Å². The van der Waals surface area contributed by atoms with Gasteiger partial charge in [0.25, 0.3) is 0 Å². The fourth-order valence-corrected chi connectivity index (χ4v) is 5.03. The Morgan fingerprint density at radius 3 is 2.35 bits per heavy atom. The molecule has 1 aromatic carbocycles. The Morgan fingerprint density at radius 1 is 1.17 bits per heavy atom. The van der Waals surface area contributed by atoms with E-state index in [-0.39, 0.29) is 39.9 Å². The van der Waals surface area contributed by atoms with Gasteiger partial charge in [0.1, 0.15) is 4.90 Å². The predicted molar refractivity (Wildman–Crippen MR) is 89.1 cm³/mol. The minimum atomic E-state index is -3.70. The molecule has 1 aliphatic carbocycles. The summed E-state index contributed by atoms with van der Waals surface area (Å²) in [6.07, 6.45) is 0.940. The highest BCUT2D eigenvalue weighted by molar-refractivity contribution is 7.89. The first-order chi connectivity index (χ1) is 10.8. The van der Waals surface area contributed by atoms with E-state index in [4.69, 9.17) is 23.2 Å². The van der Waals surface area contributed by atoms with Gasteiger partial charge in [0, 0.05) is 32.1 Å². The van der Waals surface area contributed by atoms with Gasteiger partial charge in [-0.05, 0) is 24.5 Å². The summed E-state index contributed by atoms with van der Waals surface area (Å²) in [4.78, 5) is 14.0. The molecule has 0 spiro atoms. The van der Waals surface area contributed by atoms with Gasteiger partial charge in [-0.1, -0.05) is 36.2 Å². The molecule has 1 saturated carbocycles. The van der Waals surface area contributed by atoms with Gasteiger partial charge in [0.2, 0.25) is 15.9 Å². The second kappa shape index (κ2) is 6.24. The second-order valence-electron chi connectivity index (χ2n) is 6.10. The summed E-state index contributed by atoms with van der Waals surface area (Å²) in [7, 11) is -3.70. The maximum Gasteiger partial charge on any atom is 0.244 e. The Bertz CT molecular complexity index is 730. The number of rotatable bonds is 3. The summed E-state index contributed by atoms with van der Waals surface area (Å²) in [6.45, 7) is 3.44. The third kappa shape index (κ3) is 3.22. The molecule has 0 unspecified atom stereocenters. The summed E-state index contributed by atoms with van der Waals surface area (Å²) in [5.74, 6) is 0.727. The summed E-state index contributed by atoms with van der Waals surface area (Å²) in [6, 6.07) is 4.57. The predicted octanol–water partition coefficient (Wildman–Crippen LogP) is 2.48. The lowest BCUT2D eigenvalue weighted by Crippen LogP contribution is -2.51. The molecule has 8 heteroatoms. The Kier molecular flexibility index (Phi) is 4.62. The first-order valence-electron chi connectivity index (χ1n) is 7.55. The lowest BCUT2D eigenvalue weighted by atomic mass is 10.2. The van der Waals surface area contributed by atoms with Crippen molar-refractivity contribution in [2.75, 3.05) is 26.2 Å². The van der Waals surface area contributed by atoms with Crippen LogP contribution >= 0.6 is 23.2 Å². The number of halogens is 2. The number of hydrogen-bond donors (Lipinski definition) is 0. The van der Waals surface area contributed by atoms with E-state index in [9.17, 15) is 13.2 Å². The number of piperazine rings is 1. The van der Waals surface area contributed by atoms with Gasteiger partial charge in [-0.3, -0.25) is 4.79 Å². The third-order valence-electron chi connectivity index (χ3n) is 4.51. The molecule has 5 nitrogen and oxygen atoms in total. The van der Waals surface area contributed by atoms with Crippen LogP contribution in [-0.4, -0.2) is 49.7 Å². The topological polar surface area (TPSA) is 57.7 Å². The Morgan fingerprint density at radius 2 is 1.78 bits per heavy atom. The zero-order chi connectivity index (χ0) is 16.8. The van der Waals surface area contributed by atoms with E-state index < -0.39 is 10.0 Å². The quantitative estimate of drug-likeness (QED) is 0.813. The van der Waals surface area contributed by atoms with Crippen LogP contribution in [0.3, 0.4) is 0 Å². The van der Waals surface area contributed by atoms with E-state index in [1.807, 2.05) is 0 Å². The molecule has 1 aromatic rings. The summed E-state index contributed by atoms with van der Waals surface area (Å²) in [5.41, 5.74) is 0. The number of carbonyl (C=O) groups is 1. The van der Waals surface area contributed by atoms with E-state index in [0.29, 0.717) is 19.0 Å². The molecule has 0 radical (unpaired) electrons. The van der Waals surface area contributed by atoms with E-state index in [2.05, 4.69) is 6.92 Å². The summed E-state index contributed by atoms with van der Waals surface area (Å²) < 4.78 is 26.8. The van der Waals surface area contributed by atoms with Gasteiger partial charge >= 0.3 is 0 Å². The molecule has 1 saturated heterocycles. The van der Waals surface area contributed by atoms with Crippen LogP contribution in [0.4, 0.5) is 0 Å². The van der Waals surface area contributed by atoms with Gasteiger partial charge in [-0.2, -0.15) is 4.31 Å². The molecule has 23 heavy (non-hydrogen) atoms. The van der Waals surface area contributed by atoms with Gasteiger partial charge in [-0.25, -0.2) is 8.42 Å². The van der Waals surface area contributed by atoms with Gasteiger partial charge in [-0.15, -0.1) is 0 Å². The highest BCUT2D eigenvalue weighted by Gasteiger charge is 2.42. The Balaban J connectivity index is 1.71. The average molecular weight is 377 g/mol. The van der Waals surface area contributed by atoms with Gasteiger partial charge in [0.15, 0.2) is 0 Å².